The number of likely N-dealkylation sites (N-methyl/N-ethyl adjacent to an activating group) is 1. The van der Waals surface area contributed by atoms with Gasteiger partial charge in [-0.3, -0.25) is 4.79 Å². The van der Waals surface area contributed by atoms with Gasteiger partial charge in [-0.2, -0.15) is 0 Å². The molecule has 1 unspecified atom stereocenters. The Morgan fingerprint density at radius 1 is 1.33 bits per heavy atom. The fourth-order valence-corrected chi connectivity index (χ4v) is 2.74. The molecule has 2 rings (SSSR count). The van der Waals surface area contributed by atoms with Gasteiger partial charge in [0.15, 0.2) is 5.96 Å². The second-order valence-electron chi connectivity index (χ2n) is 6.20. The molecule has 1 N–H and O–H groups in total. The van der Waals surface area contributed by atoms with Crippen molar-refractivity contribution in [2.75, 3.05) is 40.3 Å². The highest BCUT2D eigenvalue weighted by molar-refractivity contribution is 14.0. The maximum Gasteiger partial charge on any atom is 0.243 e. The minimum atomic E-state index is 0. The van der Waals surface area contributed by atoms with Crippen molar-refractivity contribution in [2.45, 2.75) is 25.7 Å². The van der Waals surface area contributed by atoms with Crippen molar-refractivity contribution < 1.29 is 4.79 Å². The van der Waals surface area contributed by atoms with Gasteiger partial charge >= 0.3 is 0 Å². The van der Waals surface area contributed by atoms with E-state index in [2.05, 4.69) is 52.5 Å². The van der Waals surface area contributed by atoms with Crippen molar-refractivity contribution >= 4 is 35.8 Å². The number of nitrogens with zero attached hydrogens (tertiary/aromatic N) is 3. The quantitative estimate of drug-likeness (QED) is 0.432. The summed E-state index contributed by atoms with van der Waals surface area (Å²) in [4.78, 5) is 20.2. The molecule has 0 aliphatic carbocycles. The Kier molecular flexibility index (Phi) is 9.10. The van der Waals surface area contributed by atoms with Gasteiger partial charge in [0.25, 0.3) is 0 Å². The van der Waals surface area contributed by atoms with Gasteiger partial charge in [-0.1, -0.05) is 37.3 Å². The van der Waals surface area contributed by atoms with Gasteiger partial charge in [0.2, 0.25) is 5.91 Å². The molecule has 1 aliphatic heterocycles. The SMILES string of the molecule is CCCNC(=NCC(=O)N(C)C)N1CCC(c2ccccc2)C1.I. The third kappa shape index (κ3) is 5.96. The molecule has 5 nitrogen and oxygen atoms in total. The second-order valence-corrected chi connectivity index (χ2v) is 6.20. The van der Waals surface area contributed by atoms with Crippen LogP contribution < -0.4 is 5.32 Å². The molecule has 0 saturated carbocycles. The molecule has 24 heavy (non-hydrogen) atoms. The van der Waals surface area contributed by atoms with Crippen LogP contribution in [0.2, 0.25) is 0 Å². The van der Waals surface area contributed by atoms with Gasteiger partial charge in [0, 0.05) is 39.6 Å². The van der Waals surface area contributed by atoms with E-state index in [-0.39, 0.29) is 36.4 Å². The third-order valence-corrected chi connectivity index (χ3v) is 4.15. The van der Waals surface area contributed by atoms with E-state index in [0.717, 1.165) is 38.4 Å². The van der Waals surface area contributed by atoms with Crippen molar-refractivity contribution in [3.05, 3.63) is 35.9 Å². The maximum absolute atomic E-state index is 11.8. The topological polar surface area (TPSA) is 47.9 Å². The van der Waals surface area contributed by atoms with Crippen molar-refractivity contribution in [1.82, 2.24) is 15.1 Å². The van der Waals surface area contributed by atoms with Crippen LogP contribution in [0.5, 0.6) is 0 Å². The first kappa shape index (κ1) is 20.7. The number of carbonyl (C=O) groups excluding carboxylic acids is 1. The number of hydrogen-bond acceptors (Lipinski definition) is 2. The van der Waals surface area contributed by atoms with Crippen LogP contribution in [0.4, 0.5) is 0 Å². The number of hydrogen-bond donors (Lipinski definition) is 1. The van der Waals surface area contributed by atoms with Crippen LogP contribution in [0, 0.1) is 0 Å². The van der Waals surface area contributed by atoms with Crippen molar-refractivity contribution in [1.29, 1.82) is 0 Å². The molecule has 0 aromatic heterocycles. The van der Waals surface area contributed by atoms with Gasteiger partial charge < -0.3 is 15.1 Å². The standard InChI is InChI=1S/C18H28N4O.HI/c1-4-11-19-18(20-13-17(23)21(2)3)22-12-10-16(14-22)15-8-6-5-7-9-15;/h5-9,16H,4,10-14H2,1-3H3,(H,19,20);1H. The number of carbonyl (C=O) groups is 1. The number of guanidine groups is 1. The fraction of sp³-hybridized carbons (Fsp3) is 0.556. The average molecular weight is 444 g/mol. The predicted octanol–water partition coefficient (Wildman–Crippen LogP) is 2.54. The predicted molar refractivity (Wildman–Crippen MR) is 110 cm³/mol. The number of likely N-dealkylation sites (tertiary alicyclic amines) is 1. The van der Waals surface area contributed by atoms with Gasteiger partial charge in [-0.15, -0.1) is 24.0 Å². The van der Waals surface area contributed by atoms with Crippen LogP contribution in [-0.2, 0) is 4.79 Å². The van der Waals surface area contributed by atoms with Crippen LogP contribution in [0.25, 0.3) is 0 Å². The summed E-state index contributed by atoms with van der Waals surface area (Å²) >= 11 is 0. The van der Waals surface area contributed by atoms with E-state index >= 15 is 0 Å². The average Bonchev–Trinajstić information content (AvgIpc) is 3.05. The first-order valence-corrected chi connectivity index (χ1v) is 8.40. The van der Waals surface area contributed by atoms with E-state index in [0.29, 0.717) is 5.92 Å². The molecule has 1 amide bonds. The molecule has 6 heteroatoms. The zero-order valence-corrected chi connectivity index (χ0v) is 17.2. The largest absolute Gasteiger partial charge is 0.356 e. The van der Waals surface area contributed by atoms with Crippen LogP contribution in [0.1, 0.15) is 31.2 Å². The van der Waals surface area contributed by atoms with Crippen LogP contribution in [0.3, 0.4) is 0 Å². The van der Waals surface area contributed by atoms with Crippen LogP contribution in [-0.4, -0.2) is 61.9 Å². The number of benzene rings is 1. The Morgan fingerprint density at radius 2 is 2.04 bits per heavy atom. The lowest BCUT2D eigenvalue weighted by Crippen LogP contribution is -2.41. The lowest BCUT2D eigenvalue weighted by Gasteiger charge is -2.22. The van der Waals surface area contributed by atoms with Gasteiger partial charge in [-0.25, -0.2) is 4.99 Å². The molecule has 1 aromatic carbocycles. The Bertz CT molecular complexity index is 533. The summed E-state index contributed by atoms with van der Waals surface area (Å²) in [5.74, 6) is 1.43. The lowest BCUT2D eigenvalue weighted by molar-refractivity contribution is -0.127. The minimum absolute atomic E-state index is 0. The molecule has 0 spiro atoms. The summed E-state index contributed by atoms with van der Waals surface area (Å²) in [6.07, 6.45) is 2.16. The van der Waals surface area contributed by atoms with E-state index in [1.54, 1.807) is 19.0 Å². The molecule has 1 saturated heterocycles. The molecule has 134 valence electrons. The Hall–Kier alpha value is -1.31. The van der Waals surface area contributed by atoms with E-state index < -0.39 is 0 Å². The van der Waals surface area contributed by atoms with Crippen molar-refractivity contribution in [2.24, 2.45) is 4.99 Å². The maximum atomic E-state index is 11.8. The molecule has 0 bridgehead atoms. The smallest absolute Gasteiger partial charge is 0.243 e. The second kappa shape index (κ2) is 10.5. The Labute approximate surface area is 162 Å². The van der Waals surface area contributed by atoms with E-state index in [1.165, 1.54) is 5.56 Å². The minimum Gasteiger partial charge on any atom is -0.356 e. The Morgan fingerprint density at radius 3 is 2.67 bits per heavy atom. The molecular weight excluding hydrogens is 415 g/mol. The number of aliphatic imine (C=N–C) groups is 1. The molecule has 1 aromatic rings. The fourth-order valence-electron chi connectivity index (χ4n) is 2.74. The number of amides is 1. The van der Waals surface area contributed by atoms with Gasteiger partial charge in [0.1, 0.15) is 6.54 Å². The zero-order chi connectivity index (χ0) is 16.7. The molecule has 1 heterocycles. The highest BCUT2D eigenvalue weighted by Crippen LogP contribution is 2.26. The van der Waals surface area contributed by atoms with E-state index in [4.69, 9.17) is 0 Å². The first-order chi connectivity index (χ1) is 11.1. The highest BCUT2D eigenvalue weighted by Gasteiger charge is 2.26. The normalized spacial score (nSPS) is 17.4. The number of halogens is 1. The lowest BCUT2D eigenvalue weighted by atomic mass is 9.99. The van der Waals surface area contributed by atoms with Crippen LogP contribution >= 0.6 is 24.0 Å². The summed E-state index contributed by atoms with van der Waals surface area (Å²) in [6.45, 7) is 5.14. The van der Waals surface area contributed by atoms with E-state index in [1.807, 2.05) is 0 Å². The molecule has 1 atom stereocenters. The molecule has 1 fully saturated rings. The summed E-state index contributed by atoms with van der Waals surface area (Å²) in [6, 6.07) is 10.6. The third-order valence-electron chi connectivity index (χ3n) is 4.15. The van der Waals surface area contributed by atoms with Crippen LogP contribution in [0.15, 0.2) is 35.3 Å². The summed E-state index contributed by atoms with van der Waals surface area (Å²) in [5, 5.41) is 3.38. The summed E-state index contributed by atoms with van der Waals surface area (Å²) in [7, 11) is 3.52. The molecule has 0 radical (unpaired) electrons. The molecule has 1 aliphatic rings. The first-order valence-electron chi connectivity index (χ1n) is 8.40. The Balaban J connectivity index is 0.00000288. The monoisotopic (exact) mass is 444 g/mol. The number of rotatable bonds is 5. The molecular formula is C18H29IN4O. The van der Waals surface area contributed by atoms with E-state index in [9.17, 15) is 4.79 Å². The summed E-state index contributed by atoms with van der Waals surface area (Å²) in [5.41, 5.74) is 1.38. The zero-order valence-electron chi connectivity index (χ0n) is 14.9. The van der Waals surface area contributed by atoms with Crippen molar-refractivity contribution in [3.63, 3.8) is 0 Å². The highest BCUT2D eigenvalue weighted by atomic mass is 127. The summed E-state index contributed by atoms with van der Waals surface area (Å²) < 4.78 is 0. The number of nitrogens with one attached hydrogen (secondary N) is 1. The van der Waals surface area contributed by atoms with Gasteiger partial charge in [-0.05, 0) is 18.4 Å². The van der Waals surface area contributed by atoms with Gasteiger partial charge in [0.05, 0.1) is 0 Å². The van der Waals surface area contributed by atoms with Crippen molar-refractivity contribution in [3.8, 4) is 0 Å².